The van der Waals surface area contributed by atoms with E-state index in [1.165, 1.54) is 50.9 Å². The Bertz CT molecular complexity index is 376. The maximum absolute atomic E-state index is 2.76. The Kier molecular flexibility index (Phi) is 3.67. The van der Waals surface area contributed by atoms with Gasteiger partial charge >= 0.3 is 0 Å². The summed E-state index contributed by atoms with van der Waals surface area (Å²) in [5, 5.41) is 0. The van der Waals surface area contributed by atoms with E-state index in [9.17, 15) is 0 Å². The highest BCUT2D eigenvalue weighted by atomic mass is 15.4. The first kappa shape index (κ1) is 12.2. The Labute approximate surface area is 111 Å². The zero-order chi connectivity index (χ0) is 12.4. The molecule has 2 heteroatoms. The average molecular weight is 244 g/mol. The third-order valence-electron chi connectivity index (χ3n) is 4.54. The van der Waals surface area contributed by atoms with Crippen LogP contribution in [0.15, 0.2) is 30.3 Å². The van der Waals surface area contributed by atoms with E-state index in [-0.39, 0.29) is 0 Å². The van der Waals surface area contributed by atoms with Crippen molar-refractivity contribution >= 4 is 0 Å². The topological polar surface area (TPSA) is 6.48 Å². The van der Waals surface area contributed by atoms with Crippen LogP contribution in [-0.2, 0) is 0 Å². The van der Waals surface area contributed by atoms with Crippen molar-refractivity contribution in [2.75, 3.05) is 19.6 Å². The van der Waals surface area contributed by atoms with Crippen molar-refractivity contribution in [3.8, 4) is 0 Å². The van der Waals surface area contributed by atoms with Crippen molar-refractivity contribution in [1.29, 1.82) is 0 Å². The second-order valence-electron chi connectivity index (χ2n) is 5.58. The molecule has 2 heterocycles. The zero-order valence-corrected chi connectivity index (χ0v) is 11.4. The van der Waals surface area contributed by atoms with Crippen LogP contribution in [0, 0.1) is 0 Å². The standard InChI is InChI=1S/C16H24N2/c1-2-15(14-8-4-3-5-9-14)18-13-7-12-17-11-6-10-16(17)18/h3-5,8-9,15-16H,2,6-7,10-13H2,1H3. The van der Waals surface area contributed by atoms with E-state index in [0.717, 1.165) is 0 Å². The summed E-state index contributed by atoms with van der Waals surface area (Å²) in [6.45, 7) is 6.22. The third-order valence-corrected chi connectivity index (χ3v) is 4.54. The minimum absolute atomic E-state index is 0.608. The first-order chi connectivity index (χ1) is 8.90. The lowest BCUT2D eigenvalue weighted by Gasteiger charge is -2.44. The lowest BCUT2D eigenvalue weighted by molar-refractivity contribution is 0.0000976. The average Bonchev–Trinajstić information content (AvgIpc) is 2.90. The predicted octanol–water partition coefficient (Wildman–Crippen LogP) is 3.27. The summed E-state index contributed by atoms with van der Waals surface area (Å²) >= 11 is 0. The Hall–Kier alpha value is -0.860. The molecule has 0 saturated carbocycles. The maximum atomic E-state index is 2.76. The normalized spacial score (nSPS) is 27.1. The van der Waals surface area contributed by atoms with Gasteiger partial charge < -0.3 is 0 Å². The van der Waals surface area contributed by atoms with Crippen LogP contribution in [0.3, 0.4) is 0 Å². The van der Waals surface area contributed by atoms with Crippen molar-refractivity contribution < 1.29 is 0 Å². The molecule has 3 rings (SSSR count). The molecule has 0 aromatic heterocycles. The van der Waals surface area contributed by atoms with Crippen LogP contribution in [0.25, 0.3) is 0 Å². The van der Waals surface area contributed by atoms with E-state index >= 15 is 0 Å². The van der Waals surface area contributed by atoms with Crippen molar-refractivity contribution in [3.05, 3.63) is 35.9 Å². The number of benzene rings is 1. The first-order valence-corrected chi connectivity index (χ1v) is 7.45. The number of hydrogen-bond donors (Lipinski definition) is 0. The molecule has 18 heavy (non-hydrogen) atoms. The fourth-order valence-electron chi connectivity index (χ4n) is 3.75. The number of nitrogens with zero attached hydrogens (tertiary/aromatic N) is 2. The molecule has 1 aromatic carbocycles. The van der Waals surface area contributed by atoms with Crippen LogP contribution in [0.1, 0.15) is 44.2 Å². The molecule has 2 atom stereocenters. The van der Waals surface area contributed by atoms with Crippen molar-refractivity contribution in [2.24, 2.45) is 0 Å². The lowest BCUT2D eigenvalue weighted by Crippen LogP contribution is -2.51. The summed E-state index contributed by atoms with van der Waals surface area (Å²) in [5.41, 5.74) is 1.49. The highest BCUT2D eigenvalue weighted by Crippen LogP contribution is 2.34. The summed E-state index contributed by atoms with van der Waals surface area (Å²) < 4.78 is 0. The van der Waals surface area contributed by atoms with E-state index < -0.39 is 0 Å². The zero-order valence-electron chi connectivity index (χ0n) is 11.4. The molecule has 0 bridgehead atoms. The molecule has 2 unspecified atom stereocenters. The third kappa shape index (κ3) is 2.19. The molecule has 2 fully saturated rings. The van der Waals surface area contributed by atoms with Crippen LogP contribution in [-0.4, -0.2) is 35.6 Å². The van der Waals surface area contributed by atoms with Crippen LogP contribution >= 0.6 is 0 Å². The Morgan fingerprint density at radius 1 is 1.11 bits per heavy atom. The van der Waals surface area contributed by atoms with Gasteiger partial charge in [0.15, 0.2) is 0 Å². The molecule has 98 valence electrons. The Morgan fingerprint density at radius 3 is 2.67 bits per heavy atom. The SMILES string of the molecule is CCC(c1ccccc1)N1CCCN2CCCC21. The molecule has 2 nitrogen and oxygen atoms in total. The van der Waals surface area contributed by atoms with Gasteiger partial charge in [0.1, 0.15) is 0 Å². The summed E-state index contributed by atoms with van der Waals surface area (Å²) in [5.74, 6) is 0. The van der Waals surface area contributed by atoms with Crippen molar-refractivity contribution in [1.82, 2.24) is 9.80 Å². The van der Waals surface area contributed by atoms with Gasteiger partial charge in [-0.05, 0) is 37.8 Å². The van der Waals surface area contributed by atoms with Crippen LogP contribution in [0.4, 0.5) is 0 Å². The summed E-state index contributed by atoms with van der Waals surface area (Å²) in [4.78, 5) is 5.45. The fraction of sp³-hybridized carbons (Fsp3) is 0.625. The van der Waals surface area contributed by atoms with Crippen molar-refractivity contribution in [2.45, 2.75) is 44.8 Å². The van der Waals surface area contributed by atoms with Crippen LogP contribution < -0.4 is 0 Å². The summed E-state index contributed by atoms with van der Waals surface area (Å²) in [6.07, 6.45) is 6.01. The second kappa shape index (κ2) is 5.41. The minimum Gasteiger partial charge on any atom is -0.288 e. The maximum Gasteiger partial charge on any atom is 0.0628 e. The molecular weight excluding hydrogens is 220 g/mol. The number of fused-ring (bicyclic) bond motifs is 1. The highest BCUT2D eigenvalue weighted by molar-refractivity contribution is 5.19. The van der Waals surface area contributed by atoms with E-state index in [2.05, 4.69) is 47.1 Å². The van der Waals surface area contributed by atoms with Gasteiger partial charge in [0.2, 0.25) is 0 Å². The number of rotatable bonds is 3. The highest BCUT2D eigenvalue weighted by Gasteiger charge is 2.36. The van der Waals surface area contributed by atoms with E-state index in [1.54, 1.807) is 0 Å². The first-order valence-electron chi connectivity index (χ1n) is 7.45. The van der Waals surface area contributed by atoms with Gasteiger partial charge in [0.25, 0.3) is 0 Å². The van der Waals surface area contributed by atoms with E-state index in [1.807, 2.05) is 0 Å². The molecule has 0 aliphatic carbocycles. The minimum atomic E-state index is 0.608. The van der Waals surface area contributed by atoms with Gasteiger partial charge in [0, 0.05) is 19.1 Å². The molecule has 0 radical (unpaired) electrons. The quantitative estimate of drug-likeness (QED) is 0.805. The molecule has 2 aliphatic rings. The molecule has 0 amide bonds. The van der Waals surface area contributed by atoms with E-state index in [4.69, 9.17) is 0 Å². The lowest BCUT2D eigenvalue weighted by atomic mass is 10.0. The van der Waals surface area contributed by atoms with E-state index in [0.29, 0.717) is 12.2 Å². The Morgan fingerprint density at radius 2 is 1.89 bits per heavy atom. The van der Waals surface area contributed by atoms with Gasteiger partial charge in [-0.25, -0.2) is 0 Å². The predicted molar refractivity (Wildman–Crippen MR) is 75.4 cm³/mol. The van der Waals surface area contributed by atoms with Crippen molar-refractivity contribution in [3.63, 3.8) is 0 Å². The van der Waals surface area contributed by atoms with Crippen LogP contribution in [0.2, 0.25) is 0 Å². The van der Waals surface area contributed by atoms with Gasteiger partial charge in [-0.15, -0.1) is 0 Å². The molecule has 2 saturated heterocycles. The molecule has 1 aromatic rings. The summed E-state index contributed by atoms with van der Waals surface area (Å²) in [6, 6.07) is 11.7. The van der Waals surface area contributed by atoms with Gasteiger partial charge in [-0.3, -0.25) is 9.80 Å². The summed E-state index contributed by atoms with van der Waals surface area (Å²) in [7, 11) is 0. The molecule has 0 spiro atoms. The van der Waals surface area contributed by atoms with Gasteiger partial charge in [-0.1, -0.05) is 37.3 Å². The Balaban J connectivity index is 1.82. The molecular formula is C16H24N2. The van der Waals surface area contributed by atoms with Gasteiger partial charge in [0.05, 0.1) is 6.17 Å². The molecule has 2 aliphatic heterocycles. The largest absolute Gasteiger partial charge is 0.288 e. The van der Waals surface area contributed by atoms with Crippen LogP contribution in [0.5, 0.6) is 0 Å². The monoisotopic (exact) mass is 244 g/mol. The smallest absolute Gasteiger partial charge is 0.0628 e. The second-order valence-corrected chi connectivity index (χ2v) is 5.58. The fourth-order valence-corrected chi connectivity index (χ4v) is 3.75. The van der Waals surface area contributed by atoms with Gasteiger partial charge in [-0.2, -0.15) is 0 Å². The number of hydrogen-bond acceptors (Lipinski definition) is 2. The molecule has 0 N–H and O–H groups in total.